The zero-order valence-corrected chi connectivity index (χ0v) is 16.9. The quantitative estimate of drug-likeness (QED) is 0.678. The van der Waals surface area contributed by atoms with Crippen LogP contribution in [0.1, 0.15) is 34.9 Å². The molecule has 0 spiro atoms. The van der Waals surface area contributed by atoms with Crippen molar-refractivity contribution in [3.63, 3.8) is 0 Å². The van der Waals surface area contributed by atoms with E-state index in [0.717, 1.165) is 27.8 Å². The van der Waals surface area contributed by atoms with Gasteiger partial charge in [0.2, 0.25) is 5.89 Å². The summed E-state index contributed by atoms with van der Waals surface area (Å²) in [5, 5.41) is 2.82. The van der Waals surface area contributed by atoms with Crippen LogP contribution in [0.3, 0.4) is 0 Å². The lowest BCUT2D eigenvalue weighted by atomic mass is 9.91. The minimum atomic E-state index is -1.09. The molecule has 1 fully saturated rings. The highest BCUT2D eigenvalue weighted by atomic mass is 16.3. The molecule has 3 aromatic rings. The highest BCUT2D eigenvalue weighted by Gasteiger charge is 2.49. The number of urea groups is 1. The van der Waals surface area contributed by atoms with E-state index in [0.29, 0.717) is 11.6 Å². The second-order valence-corrected chi connectivity index (χ2v) is 7.77. The van der Waals surface area contributed by atoms with Crippen molar-refractivity contribution in [1.82, 2.24) is 15.2 Å². The summed E-state index contributed by atoms with van der Waals surface area (Å²) in [6.45, 7) is 7.78. The van der Waals surface area contributed by atoms with Gasteiger partial charge in [-0.05, 0) is 44.9 Å². The maximum atomic E-state index is 13.1. The Bertz CT molecular complexity index is 1100. The highest BCUT2D eigenvalue weighted by molar-refractivity contribution is 6.07. The monoisotopic (exact) mass is 389 g/mol. The summed E-state index contributed by atoms with van der Waals surface area (Å²) >= 11 is 0. The number of aromatic nitrogens is 1. The van der Waals surface area contributed by atoms with E-state index in [1.54, 1.807) is 6.92 Å². The van der Waals surface area contributed by atoms with Crippen molar-refractivity contribution in [2.45, 2.75) is 39.8 Å². The smallest absolute Gasteiger partial charge is 0.325 e. The molecular formula is C23H23N3O3. The van der Waals surface area contributed by atoms with Crippen LogP contribution in [0.2, 0.25) is 0 Å². The fourth-order valence-corrected chi connectivity index (χ4v) is 3.64. The van der Waals surface area contributed by atoms with Crippen molar-refractivity contribution in [1.29, 1.82) is 0 Å². The third kappa shape index (κ3) is 3.31. The van der Waals surface area contributed by atoms with Crippen LogP contribution < -0.4 is 5.32 Å². The van der Waals surface area contributed by atoms with Gasteiger partial charge in [-0.15, -0.1) is 0 Å². The molecule has 148 valence electrons. The maximum absolute atomic E-state index is 13.1. The topological polar surface area (TPSA) is 75.4 Å². The van der Waals surface area contributed by atoms with E-state index in [1.165, 1.54) is 11.2 Å². The largest absolute Gasteiger partial charge is 0.444 e. The Balaban J connectivity index is 1.57. The second kappa shape index (κ2) is 6.88. The Labute approximate surface area is 169 Å². The number of oxazole rings is 1. The predicted octanol–water partition coefficient (Wildman–Crippen LogP) is 4.23. The number of carbonyl (C=O) groups excluding carboxylic acids is 2. The third-order valence-corrected chi connectivity index (χ3v) is 5.39. The molecule has 1 saturated heterocycles. The summed E-state index contributed by atoms with van der Waals surface area (Å²) in [5.74, 6) is 0.174. The molecule has 0 aliphatic carbocycles. The number of amides is 3. The normalized spacial score (nSPS) is 19.0. The Morgan fingerprint density at radius 2 is 1.72 bits per heavy atom. The molecule has 2 aromatic carbocycles. The van der Waals surface area contributed by atoms with Gasteiger partial charge in [-0.2, -0.15) is 0 Å². The summed E-state index contributed by atoms with van der Waals surface area (Å²) in [7, 11) is 0. The molecule has 3 amide bonds. The first-order valence-corrected chi connectivity index (χ1v) is 9.51. The van der Waals surface area contributed by atoms with Crippen molar-refractivity contribution < 1.29 is 14.0 Å². The standard InChI is InChI=1S/C23H23N3O3/c1-14-5-8-17(9-6-14)23(4)21(27)26(22(28)25-23)12-18-13-29-20(24-18)19-10-7-15(2)11-16(19)3/h5-11,13H,12H2,1-4H3,(H,25,28)/t23-/m0/s1. The summed E-state index contributed by atoms with van der Waals surface area (Å²) in [6.07, 6.45) is 1.50. The van der Waals surface area contributed by atoms with Gasteiger partial charge in [0.05, 0.1) is 12.2 Å². The minimum Gasteiger partial charge on any atom is -0.444 e. The number of nitrogens with zero attached hydrogens (tertiary/aromatic N) is 2. The molecule has 6 heteroatoms. The molecule has 6 nitrogen and oxygen atoms in total. The summed E-state index contributed by atoms with van der Waals surface area (Å²) in [4.78, 5) is 31.3. The highest BCUT2D eigenvalue weighted by Crippen LogP contribution is 2.30. The molecule has 1 N–H and O–H groups in total. The van der Waals surface area contributed by atoms with Crippen LogP contribution in [-0.2, 0) is 16.9 Å². The van der Waals surface area contributed by atoms with Crippen molar-refractivity contribution in [3.8, 4) is 11.5 Å². The van der Waals surface area contributed by atoms with Crippen LogP contribution in [0.5, 0.6) is 0 Å². The number of rotatable bonds is 4. The molecule has 1 aliphatic rings. The fourth-order valence-electron chi connectivity index (χ4n) is 3.64. The van der Waals surface area contributed by atoms with E-state index >= 15 is 0 Å². The summed E-state index contributed by atoms with van der Waals surface area (Å²) in [5.41, 5.74) is 4.38. The van der Waals surface area contributed by atoms with Crippen LogP contribution in [0.15, 0.2) is 53.1 Å². The van der Waals surface area contributed by atoms with Crippen LogP contribution in [0, 0.1) is 20.8 Å². The van der Waals surface area contributed by atoms with E-state index in [1.807, 2.05) is 57.2 Å². The number of benzene rings is 2. The van der Waals surface area contributed by atoms with Crippen LogP contribution in [0.4, 0.5) is 4.79 Å². The Morgan fingerprint density at radius 1 is 1.03 bits per heavy atom. The lowest BCUT2D eigenvalue weighted by Gasteiger charge is -2.22. The van der Waals surface area contributed by atoms with Gasteiger partial charge in [0.25, 0.3) is 5.91 Å². The maximum Gasteiger partial charge on any atom is 0.325 e. The summed E-state index contributed by atoms with van der Waals surface area (Å²) in [6, 6.07) is 13.2. The first kappa shape index (κ1) is 18.9. The van der Waals surface area contributed by atoms with Crippen LogP contribution in [0.25, 0.3) is 11.5 Å². The molecule has 0 bridgehead atoms. The number of aryl methyl sites for hydroxylation is 3. The fraction of sp³-hybridized carbons (Fsp3) is 0.261. The molecule has 0 unspecified atom stereocenters. The molecule has 1 aliphatic heterocycles. The van der Waals surface area contributed by atoms with Crippen molar-refractivity contribution in [2.75, 3.05) is 0 Å². The van der Waals surface area contributed by atoms with Crippen molar-refractivity contribution in [3.05, 3.63) is 76.7 Å². The first-order chi connectivity index (χ1) is 13.8. The molecule has 0 saturated carbocycles. The molecule has 0 radical (unpaired) electrons. The van der Waals surface area contributed by atoms with E-state index in [-0.39, 0.29) is 12.5 Å². The Hall–Kier alpha value is -3.41. The van der Waals surface area contributed by atoms with Gasteiger partial charge in [0.1, 0.15) is 11.8 Å². The molecule has 29 heavy (non-hydrogen) atoms. The zero-order valence-electron chi connectivity index (χ0n) is 16.9. The van der Waals surface area contributed by atoms with E-state index in [4.69, 9.17) is 4.42 Å². The van der Waals surface area contributed by atoms with Gasteiger partial charge in [0, 0.05) is 5.56 Å². The third-order valence-electron chi connectivity index (χ3n) is 5.39. The predicted molar refractivity (Wildman–Crippen MR) is 109 cm³/mol. The Kier molecular flexibility index (Phi) is 4.49. The average Bonchev–Trinajstić information content (AvgIpc) is 3.21. The number of hydrogen-bond donors (Lipinski definition) is 1. The van der Waals surface area contributed by atoms with Gasteiger partial charge in [-0.1, -0.05) is 47.5 Å². The Morgan fingerprint density at radius 3 is 2.41 bits per heavy atom. The summed E-state index contributed by atoms with van der Waals surface area (Å²) < 4.78 is 5.62. The van der Waals surface area contributed by atoms with Gasteiger partial charge in [0.15, 0.2) is 0 Å². The van der Waals surface area contributed by atoms with Crippen LogP contribution >= 0.6 is 0 Å². The van der Waals surface area contributed by atoms with Crippen molar-refractivity contribution >= 4 is 11.9 Å². The number of carbonyl (C=O) groups is 2. The minimum absolute atomic E-state index is 0.0561. The van der Waals surface area contributed by atoms with Gasteiger partial charge < -0.3 is 9.73 Å². The lowest BCUT2D eigenvalue weighted by Crippen LogP contribution is -2.40. The van der Waals surface area contributed by atoms with E-state index in [9.17, 15) is 9.59 Å². The van der Waals surface area contributed by atoms with E-state index in [2.05, 4.69) is 16.4 Å². The average molecular weight is 389 g/mol. The van der Waals surface area contributed by atoms with Gasteiger partial charge in [-0.25, -0.2) is 9.78 Å². The number of nitrogens with one attached hydrogen (secondary N) is 1. The molecule has 2 heterocycles. The van der Waals surface area contributed by atoms with Gasteiger partial charge in [-0.3, -0.25) is 9.69 Å². The second-order valence-electron chi connectivity index (χ2n) is 7.77. The van der Waals surface area contributed by atoms with Crippen molar-refractivity contribution in [2.24, 2.45) is 0 Å². The van der Waals surface area contributed by atoms with Gasteiger partial charge >= 0.3 is 6.03 Å². The first-order valence-electron chi connectivity index (χ1n) is 9.51. The molecular weight excluding hydrogens is 366 g/mol. The van der Waals surface area contributed by atoms with Crippen LogP contribution in [-0.4, -0.2) is 21.8 Å². The molecule has 1 atom stereocenters. The number of imide groups is 1. The lowest BCUT2D eigenvalue weighted by molar-refractivity contribution is -0.131. The molecule has 1 aromatic heterocycles. The SMILES string of the molecule is Cc1ccc([C@]2(C)NC(=O)N(Cc3coc(-c4ccc(C)cc4C)n3)C2=O)cc1. The molecule has 4 rings (SSSR count). The number of hydrogen-bond acceptors (Lipinski definition) is 4. The zero-order chi connectivity index (χ0) is 20.8. The van der Waals surface area contributed by atoms with E-state index < -0.39 is 11.6 Å².